The lowest BCUT2D eigenvalue weighted by molar-refractivity contribution is -0.140. The van der Waals surface area contributed by atoms with Gasteiger partial charge in [0.1, 0.15) is 10.9 Å². The Balaban J connectivity index is 1.83. The number of carbonyl (C=O) groups is 2. The van der Waals surface area contributed by atoms with Gasteiger partial charge in [0.2, 0.25) is 0 Å². The van der Waals surface area contributed by atoms with Crippen LogP contribution in [0.1, 0.15) is 5.56 Å². The number of carboxylic acids is 1. The zero-order valence-corrected chi connectivity index (χ0v) is 14.1. The summed E-state index contributed by atoms with van der Waals surface area (Å²) in [5.41, 5.74) is 2.00. The first kappa shape index (κ1) is 15.7. The fourth-order valence-corrected chi connectivity index (χ4v) is 3.83. The standard InChI is InChI=1S/C15H9N5O3S2/c21-12(22)7-19-14(23)11(25-15(19)24)6-9-5-8-3-1-2-4-10(8)20-13(9)16-17-18-20/h1-6H,7H2,(H,21,22)/b11-6-. The van der Waals surface area contributed by atoms with Crippen molar-refractivity contribution in [1.29, 1.82) is 0 Å². The van der Waals surface area contributed by atoms with Crippen molar-refractivity contribution in [3.63, 3.8) is 0 Å². The van der Waals surface area contributed by atoms with Gasteiger partial charge in [0.15, 0.2) is 5.65 Å². The van der Waals surface area contributed by atoms with Gasteiger partial charge in [-0.1, -0.05) is 42.2 Å². The van der Waals surface area contributed by atoms with Crippen LogP contribution in [0.25, 0.3) is 22.6 Å². The molecule has 1 saturated heterocycles. The number of tetrazole rings is 1. The molecule has 0 unspecified atom stereocenters. The van der Waals surface area contributed by atoms with Crippen molar-refractivity contribution in [3.8, 4) is 0 Å². The molecular formula is C15H9N5O3S2. The number of thiocarbonyl (C=S) groups is 1. The highest BCUT2D eigenvalue weighted by Gasteiger charge is 2.33. The minimum Gasteiger partial charge on any atom is -0.480 e. The second-order valence-electron chi connectivity index (χ2n) is 5.23. The quantitative estimate of drug-likeness (QED) is 0.547. The zero-order valence-electron chi connectivity index (χ0n) is 12.5. The van der Waals surface area contributed by atoms with Gasteiger partial charge >= 0.3 is 5.97 Å². The molecule has 0 spiro atoms. The van der Waals surface area contributed by atoms with E-state index < -0.39 is 18.4 Å². The molecule has 124 valence electrons. The van der Waals surface area contributed by atoms with Gasteiger partial charge in [0.25, 0.3) is 5.91 Å². The summed E-state index contributed by atoms with van der Waals surface area (Å²) in [6, 6.07) is 9.48. The number of para-hydroxylation sites is 1. The Morgan fingerprint density at radius 2 is 2.16 bits per heavy atom. The third-order valence-corrected chi connectivity index (χ3v) is 5.03. The van der Waals surface area contributed by atoms with Crippen LogP contribution in [0.3, 0.4) is 0 Å². The third kappa shape index (κ3) is 2.65. The number of carbonyl (C=O) groups excluding carboxylic acids is 1. The Morgan fingerprint density at radius 1 is 1.36 bits per heavy atom. The molecule has 1 fully saturated rings. The Morgan fingerprint density at radius 3 is 2.96 bits per heavy atom. The van der Waals surface area contributed by atoms with Gasteiger partial charge in [-0.25, -0.2) is 0 Å². The Hall–Kier alpha value is -2.85. The van der Waals surface area contributed by atoms with Crippen molar-refractivity contribution in [2.45, 2.75) is 0 Å². The van der Waals surface area contributed by atoms with Crippen LogP contribution >= 0.6 is 24.0 Å². The lowest BCUT2D eigenvalue weighted by Crippen LogP contribution is -2.33. The second kappa shape index (κ2) is 5.90. The van der Waals surface area contributed by atoms with Crippen LogP contribution in [0.15, 0.2) is 35.2 Å². The fourth-order valence-electron chi connectivity index (χ4n) is 2.58. The van der Waals surface area contributed by atoms with Gasteiger partial charge in [0, 0.05) is 10.9 Å². The van der Waals surface area contributed by atoms with Gasteiger partial charge < -0.3 is 5.11 Å². The van der Waals surface area contributed by atoms with Gasteiger partial charge in [-0.15, -0.1) is 5.10 Å². The van der Waals surface area contributed by atoms with Crippen molar-refractivity contribution < 1.29 is 14.7 Å². The van der Waals surface area contributed by atoms with E-state index in [0.29, 0.717) is 16.1 Å². The van der Waals surface area contributed by atoms with E-state index in [1.165, 1.54) is 0 Å². The van der Waals surface area contributed by atoms with Crippen LogP contribution < -0.4 is 0 Å². The number of nitrogens with zero attached hydrogens (tertiary/aromatic N) is 5. The summed E-state index contributed by atoms with van der Waals surface area (Å²) in [4.78, 5) is 24.7. The van der Waals surface area contributed by atoms with Crippen molar-refractivity contribution in [1.82, 2.24) is 24.9 Å². The van der Waals surface area contributed by atoms with Crippen molar-refractivity contribution in [2.75, 3.05) is 6.54 Å². The maximum Gasteiger partial charge on any atom is 0.323 e. The van der Waals surface area contributed by atoms with E-state index in [-0.39, 0.29) is 4.32 Å². The maximum absolute atomic E-state index is 12.4. The summed E-state index contributed by atoms with van der Waals surface area (Å²) < 4.78 is 1.81. The highest BCUT2D eigenvalue weighted by atomic mass is 32.2. The lowest BCUT2D eigenvalue weighted by Gasteiger charge is -2.10. The zero-order chi connectivity index (χ0) is 17.6. The van der Waals surface area contributed by atoms with Crippen LogP contribution in [-0.2, 0) is 9.59 Å². The molecule has 3 heterocycles. The minimum atomic E-state index is -1.12. The molecular weight excluding hydrogens is 362 g/mol. The van der Waals surface area contributed by atoms with Crippen molar-refractivity contribution >= 4 is 62.8 Å². The Bertz CT molecular complexity index is 1090. The van der Waals surface area contributed by atoms with E-state index in [2.05, 4.69) is 15.5 Å². The summed E-state index contributed by atoms with van der Waals surface area (Å²) in [5.74, 6) is -1.55. The van der Waals surface area contributed by atoms with Gasteiger partial charge in [0.05, 0.1) is 10.4 Å². The molecule has 1 aliphatic rings. The molecule has 8 nitrogen and oxygen atoms in total. The number of hydrogen-bond acceptors (Lipinski definition) is 7. The average Bonchev–Trinajstić information content (AvgIpc) is 3.16. The van der Waals surface area contributed by atoms with E-state index >= 15 is 0 Å². The number of carboxylic acid groups (broad SMARTS) is 1. The molecule has 0 saturated carbocycles. The number of pyridine rings is 1. The second-order valence-corrected chi connectivity index (χ2v) is 6.91. The highest BCUT2D eigenvalue weighted by molar-refractivity contribution is 8.26. The predicted molar refractivity (Wildman–Crippen MR) is 95.8 cm³/mol. The predicted octanol–water partition coefficient (Wildman–Crippen LogP) is 1.56. The van der Waals surface area contributed by atoms with Crippen LogP contribution in [0.5, 0.6) is 0 Å². The van der Waals surface area contributed by atoms with Gasteiger partial charge in [-0.3, -0.25) is 14.5 Å². The summed E-state index contributed by atoms with van der Waals surface area (Å²) in [6.45, 7) is -0.457. The molecule has 0 bridgehead atoms. The van der Waals surface area contributed by atoms with Crippen LogP contribution in [-0.4, -0.2) is 52.8 Å². The first-order valence-electron chi connectivity index (χ1n) is 7.11. The number of rotatable bonds is 3. The first-order valence-corrected chi connectivity index (χ1v) is 8.34. The molecule has 1 amide bonds. The van der Waals surface area contributed by atoms with Crippen LogP contribution in [0.2, 0.25) is 0 Å². The summed E-state index contributed by atoms with van der Waals surface area (Å²) in [6.07, 6.45) is 1.64. The molecule has 1 aromatic carbocycles. The van der Waals surface area contributed by atoms with Crippen LogP contribution in [0, 0.1) is 0 Å². The van der Waals surface area contributed by atoms with E-state index in [0.717, 1.165) is 27.6 Å². The molecule has 1 aliphatic heterocycles. The molecule has 2 aromatic heterocycles. The molecule has 0 aliphatic carbocycles. The smallest absolute Gasteiger partial charge is 0.323 e. The van der Waals surface area contributed by atoms with Gasteiger partial charge in [-0.2, -0.15) is 4.52 Å². The SMILES string of the molecule is O=C(O)CN1C(=O)/C(=C/c2cc3ccccc3n3nnnc23)SC1=S. The number of aromatic nitrogens is 4. The lowest BCUT2D eigenvalue weighted by atomic mass is 10.1. The number of aliphatic carboxylic acids is 1. The summed E-state index contributed by atoms with van der Waals surface area (Å²) in [5, 5.41) is 21.5. The monoisotopic (exact) mass is 371 g/mol. The van der Waals surface area contributed by atoms with Crippen molar-refractivity contribution in [2.24, 2.45) is 0 Å². The number of thioether (sulfide) groups is 1. The number of fused-ring (bicyclic) bond motifs is 3. The molecule has 4 rings (SSSR count). The molecule has 1 N–H and O–H groups in total. The van der Waals surface area contributed by atoms with E-state index in [1.54, 1.807) is 10.6 Å². The molecule has 25 heavy (non-hydrogen) atoms. The Labute approximate surface area is 150 Å². The minimum absolute atomic E-state index is 0.218. The van der Waals surface area contributed by atoms with Crippen LogP contribution in [0.4, 0.5) is 0 Å². The van der Waals surface area contributed by atoms with E-state index in [1.807, 2.05) is 30.3 Å². The first-order chi connectivity index (χ1) is 12.0. The highest BCUT2D eigenvalue weighted by Crippen LogP contribution is 2.33. The summed E-state index contributed by atoms with van der Waals surface area (Å²) >= 11 is 6.17. The third-order valence-electron chi connectivity index (χ3n) is 3.66. The maximum atomic E-state index is 12.4. The molecule has 0 atom stereocenters. The van der Waals surface area contributed by atoms with Crippen molar-refractivity contribution in [3.05, 3.63) is 40.8 Å². The molecule has 10 heteroatoms. The van der Waals surface area contributed by atoms with Gasteiger partial charge in [-0.05, 0) is 28.6 Å². The number of benzene rings is 1. The van der Waals surface area contributed by atoms with E-state index in [4.69, 9.17) is 17.3 Å². The molecule has 3 aromatic rings. The Kier molecular flexibility index (Phi) is 3.70. The fraction of sp³-hybridized carbons (Fsp3) is 0.0667. The topological polar surface area (TPSA) is 101 Å². The van der Waals surface area contributed by atoms with E-state index in [9.17, 15) is 9.59 Å². The molecule has 0 radical (unpaired) electrons. The average molecular weight is 371 g/mol. The number of amides is 1. The summed E-state index contributed by atoms with van der Waals surface area (Å²) in [7, 11) is 0. The number of hydrogen-bond donors (Lipinski definition) is 1. The normalized spacial score (nSPS) is 16.5. The largest absolute Gasteiger partial charge is 0.480 e.